The van der Waals surface area contributed by atoms with Gasteiger partial charge in [0.1, 0.15) is 5.82 Å². The highest BCUT2D eigenvalue weighted by atomic mass is 16.2. The van der Waals surface area contributed by atoms with Gasteiger partial charge in [0.05, 0.1) is 12.6 Å². The predicted octanol–water partition coefficient (Wildman–Crippen LogP) is 0.986. The van der Waals surface area contributed by atoms with Gasteiger partial charge in [0.25, 0.3) is 0 Å². The highest BCUT2D eigenvalue weighted by Crippen LogP contribution is 2.28. The second kappa shape index (κ2) is 9.30. The Bertz CT molecular complexity index is 920. The Morgan fingerprint density at radius 1 is 1.13 bits per heavy atom. The highest BCUT2D eigenvalue weighted by molar-refractivity contribution is 6.01. The van der Waals surface area contributed by atoms with Crippen molar-refractivity contribution in [1.82, 2.24) is 29.6 Å². The van der Waals surface area contributed by atoms with Gasteiger partial charge in [0.15, 0.2) is 0 Å². The van der Waals surface area contributed by atoms with E-state index in [1.807, 2.05) is 47.1 Å². The number of carbonyl (C=O) groups excluding carboxylic acids is 3. The van der Waals surface area contributed by atoms with E-state index in [0.717, 1.165) is 18.9 Å². The first-order chi connectivity index (χ1) is 15.0. The molecule has 1 atom stereocenters. The highest BCUT2D eigenvalue weighted by Gasteiger charge is 2.31. The molecule has 4 rings (SSSR count). The third kappa shape index (κ3) is 4.61. The lowest BCUT2D eigenvalue weighted by Crippen LogP contribution is -2.50. The van der Waals surface area contributed by atoms with Crippen molar-refractivity contribution in [2.24, 2.45) is 7.05 Å². The van der Waals surface area contributed by atoms with Gasteiger partial charge in [-0.15, -0.1) is 0 Å². The minimum absolute atomic E-state index is 0.0399. The zero-order chi connectivity index (χ0) is 21.8. The molecular weight excluding hydrogens is 396 g/mol. The van der Waals surface area contributed by atoms with Gasteiger partial charge in [-0.05, 0) is 12.0 Å². The van der Waals surface area contributed by atoms with Crippen molar-refractivity contribution in [3.8, 4) is 0 Å². The first-order valence-electron chi connectivity index (χ1n) is 10.7. The molecule has 9 nitrogen and oxygen atoms in total. The maximum absolute atomic E-state index is 12.7. The fourth-order valence-electron chi connectivity index (χ4n) is 4.26. The van der Waals surface area contributed by atoms with Crippen molar-refractivity contribution in [2.75, 3.05) is 39.3 Å². The number of nitrogens with zero attached hydrogens (tertiary/aromatic N) is 5. The number of nitrogens with one attached hydrogen (secondary N) is 1. The van der Waals surface area contributed by atoms with Crippen LogP contribution < -0.4 is 5.32 Å². The number of imidazole rings is 1. The van der Waals surface area contributed by atoms with Gasteiger partial charge in [-0.3, -0.25) is 19.4 Å². The Kier molecular flexibility index (Phi) is 6.31. The van der Waals surface area contributed by atoms with Gasteiger partial charge in [-0.2, -0.15) is 0 Å². The largest absolute Gasteiger partial charge is 0.340 e. The number of aromatic nitrogens is 2. The standard InChI is InChI=1S/C22H28N6O3/c1-25-11-9-23-21(25)20(17-6-3-2-4-7-17)27-14-12-26(13-15-27)18(29)8-5-10-28-19(30)16-24-22(28)31/h2-4,6-7,9,11,20H,5,8,10,12-16H2,1H3,(H,24,31)/t20-/m1/s1. The second-order valence-corrected chi connectivity index (χ2v) is 7.93. The number of benzene rings is 1. The van der Waals surface area contributed by atoms with Crippen molar-refractivity contribution in [3.05, 3.63) is 54.1 Å². The van der Waals surface area contributed by atoms with Crippen LogP contribution in [-0.4, -0.2) is 81.4 Å². The summed E-state index contributed by atoms with van der Waals surface area (Å²) in [6.07, 6.45) is 4.59. The first kappa shape index (κ1) is 21.0. The molecule has 0 spiro atoms. The molecule has 164 valence electrons. The maximum Gasteiger partial charge on any atom is 0.324 e. The molecule has 2 saturated heterocycles. The van der Waals surface area contributed by atoms with E-state index in [1.165, 1.54) is 10.5 Å². The van der Waals surface area contributed by atoms with E-state index in [1.54, 1.807) is 0 Å². The van der Waals surface area contributed by atoms with E-state index in [2.05, 4.69) is 27.3 Å². The summed E-state index contributed by atoms with van der Waals surface area (Å²) in [4.78, 5) is 45.9. The number of carbonyl (C=O) groups is 3. The van der Waals surface area contributed by atoms with Crippen LogP contribution >= 0.6 is 0 Å². The van der Waals surface area contributed by atoms with Crippen molar-refractivity contribution < 1.29 is 14.4 Å². The van der Waals surface area contributed by atoms with Crippen LogP contribution in [0.5, 0.6) is 0 Å². The van der Waals surface area contributed by atoms with E-state index >= 15 is 0 Å². The van der Waals surface area contributed by atoms with Gasteiger partial charge in [-0.1, -0.05) is 30.3 Å². The molecule has 0 aliphatic carbocycles. The van der Waals surface area contributed by atoms with Gasteiger partial charge < -0.3 is 14.8 Å². The van der Waals surface area contributed by atoms with Gasteiger partial charge in [0, 0.05) is 58.6 Å². The molecule has 1 aromatic heterocycles. The molecule has 0 radical (unpaired) electrons. The summed E-state index contributed by atoms with van der Waals surface area (Å²) in [5.74, 6) is 0.826. The molecule has 4 amide bonds. The third-order valence-corrected chi connectivity index (χ3v) is 5.96. The molecule has 2 aliphatic heterocycles. The van der Waals surface area contributed by atoms with E-state index in [-0.39, 0.29) is 37.0 Å². The summed E-state index contributed by atoms with van der Waals surface area (Å²) in [5, 5.41) is 2.49. The molecule has 0 bridgehead atoms. The zero-order valence-electron chi connectivity index (χ0n) is 17.7. The van der Waals surface area contributed by atoms with Crippen molar-refractivity contribution in [3.63, 3.8) is 0 Å². The molecule has 0 saturated carbocycles. The fraction of sp³-hybridized carbons (Fsp3) is 0.455. The lowest BCUT2D eigenvalue weighted by molar-refractivity contribution is -0.134. The van der Waals surface area contributed by atoms with E-state index in [9.17, 15) is 14.4 Å². The number of aryl methyl sites for hydroxylation is 1. The molecule has 1 N–H and O–H groups in total. The van der Waals surface area contributed by atoms with Crippen molar-refractivity contribution in [1.29, 1.82) is 0 Å². The Morgan fingerprint density at radius 2 is 1.87 bits per heavy atom. The van der Waals surface area contributed by atoms with Crippen LogP contribution in [0.25, 0.3) is 0 Å². The molecular formula is C22H28N6O3. The number of hydrogen-bond donors (Lipinski definition) is 1. The first-order valence-corrected chi connectivity index (χ1v) is 10.7. The Hall–Kier alpha value is -3.20. The van der Waals surface area contributed by atoms with E-state index in [4.69, 9.17) is 0 Å². The van der Waals surface area contributed by atoms with E-state index in [0.29, 0.717) is 25.9 Å². The number of hydrogen-bond acceptors (Lipinski definition) is 5. The number of imide groups is 1. The van der Waals surface area contributed by atoms with Crippen LogP contribution in [0.4, 0.5) is 4.79 Å². The average molecular weight is 425 g/mol. The molecule has 3 heterocycles. The van der Waals surface area contributed by atoms with Crippen molar-refractivity contribution in [2.45, 2.75) is 18.9 Å². The molecule has 31 heavy (non-hydrogen) atoms. The van der Waals surface area contributed by atoms with Gasteiger partial charge in [0.2, 0.25) is 11.8 Å². The summed E-state index contributed by atoms with van der Waals surface area (Å²) < 4.78 is 2.05. The molecule has 2 aromatic rings. The van der Waals surface area contributed by atoms with Crippen LogP contribution in [0.2, 0.25) is 0 Å². The molecule has 1 aromatic carbocycles. The monoisotopic (exact) mass is 424 g/mol. The smallest absolute Gasteiger partial charge is 0.324 e. The number of amides is 4. The average Bonchev–Trinajstić information content (AvgIpc) is 3.35. The van der Waals surface area contributed by atoms with Crippen LogP contribution in [0, 0.1) is 0 Å². The van der Waals surface area contributed by atoms with Crippen LogP contribution in [-0.2, 0) is 16.6 Å². The number of urea groups is 1. The number of piperazine rings is 1. The minimum atomic E-state index is -0.368. The maximum atomic E-state index is 12.7. The van der Waals surface area contributed by atoms with Crippen molar-refractivity contribution >= 4 is 17.8 Å². The number of rotatable bonds is 7. The predicted molar refractivity (Wildman–Crippen MR) is 114 cm³/mol. The molecule has 9 heteroatoms. The lowest BCUT2D eigenvalue weighted by atomic mass is 10.0. The normalized spacial score (nSPS) is 18.4. The van der Waals surface area contributed by atoms with Gasteiger partial charge >= 0.3 is 6.03 Å². The SMILES string of the molecule is Cn1ccnc1[C@@H](c1ccccc1)N1CCN(C(=O)CCCN2C(=O)CNC2=O)CC1. The second-order valence-electron chi connectivity index (χ2n) is 7.93. The summed E-state index contributed by atoms with van der Waals surface area (Å²) in [6, 6.07) is 9.99. The summed E-state index contributed by atoms with van der Waals surface area (Å²) in [7, 11) is 2.00. The topological polar surface area (TPSA) is 90.8 Å². The lowest BCUT2D eigenvalue weighted by Gasteiger charge is -2.39. The molecule has 0 unspecified atom stereocenters. The Morgan fingerprint density at radius 3 is 2.48 bits per heavy atom. The molecule has 2 aliphatic rings. The Balaban J connectivity index is 1.33. The summed E-state index contributed by atoms with van der Waals surface area (Å²) >= 11 is 0. The Labute approximate surface area is 181 Å². The fourth-order valence-corrected chi connectivity index (χ4v) is 4.26. The van der Waals surface area contributed by atoms with Crippen LogP contribution in [0.1, 0.15) is 30.3 Å². The van der Waals surface area contributed by atoms with Crippen LogP contribution in [0.15, 0.2) is 42.7 Å². The van der Waals surface area contributed by atoms with Crippen LogP contribution in [0.3, 0.4) is 0 Å². The van der Waals surface area contributed by atoms with E-state index < -0.39 is 0 Å². The third-order valence-electron chi connectivity index (χ3n) is 5.96. The minimum Gasteiger partial charge on any atom is -0.340 e. The van der Waals surface area contributed by atoms with Gasteiger partial charge in [-0.25, -0.2) is 9.78 Å². The quantitative estimate of drug-likeness (QED) is 0.670. The molecule has 2 fully saturated rings. The summed E-state index contributed by atoms with van der Waals surface area (Å²) in [6.45, 7) is 3.14. The summed E-state index contributed by atoms with van der Waals surface area (Å²) in [5.41, 5.74) is 1.19. The zero-order valence-corrected chi connectivity index (χ0v) is 17.7.